The molecule has 2 N–H and O–H groups in total. The molecule has 0 unspecified atom stereocenters. The van der Waals surface area contributed by atoms with Gasteiger partial charge < -0.3 is 10.2 Å². The summed E-state index contributed by atoms with van der Waals surface area (Å²) in [7, 11) is 0. The second-order valence-electron chi connectivity index (χ2n) is 4.20. The third-order valence-corrected chi connectivity index (χ3v) is 4.36. The maximum absolute atomic E-state index is 6.13. The average molecular weight is 325 g/mol. The van der Waals surface area contributed by atoms with Crippen molar-refractivity contribution in [2.24, 2.45) is 0 Å². The van der Waals surface area contributed by atoms with Crippen LogP contribution in [0.4, 0.5) is 5.69 Å². The highest BCUT2D eigenvalue weighted by Gasteiger charge is 2.10. The molecule has 0 atom stereocenters. The Hall–Kier alpha value is -1.36. The van der Waals surface area contributed by atoms with Gasteiger partial charge in [-0.1, -0.05) is 41.0 Å². The minimum absolute atomic E-state index is 0.571. The third kappa shape index (κ3) is 2.73. The van der Waals surface area contributed by atoms with Gasteiger partial charge >= 0.3 is 0 Å². The van der Waals surface area contributed by atoms with Gasteiger partial charge in [0.1, 0.15) is 5.52 Å². The van der Waals surface area contributed by atoms with Crippen LogP contribution in [-0.4, -0.2) is 4.98 Å². The van der Waals surface area contributed by atoms with Crippen LogP contribution in [0.1, 0.15) is 5.56 Å². The van der Waals surface area contributed by atoms with Gasteiger partial charge in [-0.15, -0.1) is 0 Å². The van der Waals surface area contributed by atoms with Gasteiger partial charge in [0.05, 0.1) is 0 Å². The van der Waals surface area contributed by atoms with E-state index in [2.05, 4.69) is 4.98 Å². The molecule has 3 nitrogen and oxygen atoms in total. The largest absolute Gasteiger partial charge is 0.431 e. The predicted molar refractivity (Wildman–Crippen MR) is 84.4 cm³/mol. The quantitative estimate of drug-likeness (QED) is 0.543. The Labute approximate surface area is 130 Å². The number of nitrogens with zero attached hydrogens (tertiary/aromatic N) is 1. The zero-order valence-electron chi connectivity index (χ0n) is 10.3. The van der Waals surface area contributed by atoms with Crippen molar-refractivity contribution in [1.82, 2.24) is 4.98 Å². The Morgan fingerprint density at radius 2 is 1.90 bits per heavy atom. The summed E-state index contributed by atoms with van der Waals surface area (Å²) in [5.41, 5.74) is 8.70. The van der Waals surface area contributed by atoms with Gasteiger partial charge in [-0.05, 0) is 29.8 Å². The van der Waals surface area contributed by atoms with Crippen LogP contribution in [0.15, 0.2) is 46.0 Å². The van der Waals surface area contributed by atoms with E-state index in [-0.39, 0.29) is 0 Å². The molecule has 3 aromatic rings. The summed E-state index contributed by atoms with van der Waals surface area (Å²) >= 11 is 13.7. The van der Waals surface area contributed by atoms with Crippen molar-refractivity contribution in [2.75, 3.05) is 5.73 Å². The van der Waals surface area contributed by atoms with E-state index in [0.717, 1.165) is 11.1 Å². The van der Waals surface area contributed by atoms with Crippen LogP contribution in [0, 0.1) is 0 Å². The summed E-state index contributed by atoms with van der Waals surface area (Å²) in [4.78, 5) is 4.38. The Kier molecular flexibility index (Phi) is 3.78. The Morgan fingerprint density at radius 1 is 1.15 bits per heavy atom. The van der Waals surface area contributed by atoms with Crippen molar-refractivity contribution >= 4 is 51.8 Å². The fourth-order valence-corrected chi connectivity index (χ4v) is 3.37. The highest BCUT2D eigenvalue weighted by atomic mass is 35.5. The number of nitrogen functional groups attached to an aromatic ring is 1. The van der Waals surface area contributed by atoms with Gasteiger partial charge in [0.25, 0.3) is 5.22 Å². The predicted octanol–water partition coefficient (Wildman–Crippen LogP) is 5.01. The normalized spacial score (nSPS) is 11.1. The van der Waals surface area contributed by atoms with E-state index in [1.807, 2.05) is 24.3 Å². The van der Waals surface area contributed by atoms with Crippen molar-refractivity contribution in [2.45, 2.75) is 11.0 Å². The van der Waals surface area contributed by atoms with Crippen LogP contribution in [-0.2, 0) is 5.75 Å². The lowest BCUT2D eigenvalue weighted by atomic mass is 10.2. The van der Waals surface area contributed by atoms with E-state index >= 15 is 0 Å². The lowest BCUT2D eigenvalue weighted by Gasteiger charge is -2.04. The van der Waals surface area contributed by atoms with E-state index in [9.17, 15) is 0 Å². The van der Waals surface area contributed by atoms with E-state index in [1.165, 1.54) is 11.8 Å². The van der Waals surface area contributed by atoms with E-state index < -0.39 is 0 Å². The SMILES string of the molecule is Nc1ccc2nc(SCc3c(Cl)cccc3Cl)oc2c1. The van der Waals surface area contributed by atoms with Gasteiger partial charge in [-0.2, -0.15) is 0 Å². The maximum Gasteiger partial charge on any atom is 0.257 e. The van der Waals surface area contributed by atoms with Crippen LogP contribution in [0.2, 0.25) is 10.0 Å². The molecule has 0 saturated carbocycles. The van der Waals surface area contributed by atoms with Gasteiger partial charge in [0, 0.05) is 27.6 Å². The molecule has 0 aliphatic carbocycles. The van der Waals surface area contributed by atoms with Crippen molar-refractivity contribution in [3.05, 3.63) is 52.0 Å². The van der Waals surface area contributed by atoms with E-state index in [0.29, 0.717) is 32.3 Å². The van der Waals surface area contributed by atoms with E-state index in [4.69, 9.17) is 33.4 Å². The molecule has 0 saturated heterocycles. The third-order valence-electron chi connectivity index (χ3n) is 2.79. The van der Waals surface area contributed by atoms with Crippen LogP contribution < -0.4 is 5.73 Å². The summed E-state index contributed by atoms with van der Waals surface area (Å²) < 4.78 is 5.64. The number of aromatic nitrogens is 1. The average Bonchev–Trinajstić information content (AvgIpc) is 2.80. The standard InChI is InChI=1S/C14H10Cl2N2OS/c15-10-2-1-3-11(16)9(10)7-20-14-18-12-5-4-8(17)6-13(12)19-14/h1-6H,7,17H2. The first kappa shape index (κ1) is 13.6. The molecule has 0 fully saturated rings. The molecule has 0 aliphatic heterocycles. The van der Waals surface area contributed by atoms with Crippen molar-refractivity contribution in [1.29, 1.82) is 0 Å². The number of nitrogens with two attached hydrogens (primary N) is 1. The molecule has 0 spiro atoms. The number of benzene rings is 2. The summed E-state index contributed by atoms with van der Waals surface area (Å²) in [5, 5.41) is 1.86. The van der Waals surface area contributed by atoms with Gasteiger partial charge in [0.15, 0.2) is 5.58 Å². The molecule has 1 aromatic heterocycles. The smallest absolute Gasteiger partial charge is 0.257 e. The number of thioether (sulfide) groups is 1. The second kappa shape index (κ2) is 5.56. The topological polar surface area (TPSA) is 52.0 Å². The van der Waals surface area contributed by atoms with Crippen LogP contribution >= 0.6 is 35.0 Å². The Morgan fingerprint density at radius 3 is 2.65 bits per heavy atom. The fourth-order valence-electron chi connectivity index (χ4n) is 1.79. The van der Waals surface area contributed by atoms with Gasteiger partial charge in [-0.25, -0.2) is 4.98 Å². The highest BCUT2D eigenvalue weighted by molar-refractivity contribution is 7.98. The van der Waals surface area contributed by atoms with Crippen molar-refractivity contribution < 1.29 is 4.42 Å². The first-order chi connectivity index (χ1) is 9.63. The monoisotopic (exact) mass is 324 g/mol. The number of fused-ring (bicyclic) bond motifs is 1. The zero-order valence-corrected chi connectivity index (χ0v) is 12.6. The van der Waals surface area contributed by atoms with Gasteiger partial charge in [0.2, 0.25) is 0 Å². The molecule has 102 valence electrons. The number of anilines is 1. The van der Waals surface area contributed by atoms with E-state index in [1.54, 1.807) is 12.1 Å². The Balaban J connectivity index is 1.83. The van der Waals surface area contributed by atoms with Gasteiger partial charge in [-0.3, -0.25) is 0 Å². The number of hydrogen-bond acceptors (Lipinski definition) is 4. The minimum atomic E-state index is 0.571. The molecule has 0 amide bonds. The first-order valence-corrected chi connectivity index (χ1v) is 7.59. The lowest BCUT2D eigenvalue weighted by molar-refractivity contribution is 0.489. The summed E-state index contributed by atoms with van der Waals surface area (Å²) in [6.45, 7) is 0. The number of hydrogen-bond donors (Lipinski definition) is 1. The van der Waals surface area contributed by atoms with Crippen LogP contribution in [0.5, 0.6) is 0 Å². The molecule has 2 aromatic carbocycles. The second-order valence-corrected chi connectivity index (χ2v) is 5.94. The summed E-state index contributed by atoms with van der Waals surface area (Å²) in [6, 6.07) is 10.8. The molecule has 0 bridgehead atoms. The summed E-state index contributed by atoms with van der Waals surface area (Å²) in [5.74, 6) is 0.598. The maximum atomic E-state index is 6.13. The Bertz CT molecular complexity index is 753. The minimum Gasteiger partial charge on any atom is -0.431 e. The van der Waals surface area contributed by atoms with Crippen LogP contribution in [0.3, 0.4) is 0 Å². The van der Waals surface area contributed by atoms with Crippen LogP contribution in [0.25, 0.3) is 11.1 Å². The van der Waals surface area contributed by atoms with Crippen molar-refractivity contribution in [3.8, 4) is 0 Å². The number of oxazole rings is 1. The fraction of sp³-hybridized carbons (Fsp3) is 0.0714. The molecule has 3 rings (SSSR count). The highest BCUT2D eigenvalue weighted by Crippen LogP contribution is 2.32. The molecule has 6 heteroatoms. The zero-order chi connectivity index (χ0) is 14.1. The molecular formula is C14H10Cl2N2OS. The number of halogens is 2. The summed E-state index contributed by atoms with van der Waals surface area (Å²) in [6.07, 6.45) is 0. The molecule has 20 heavy (non-hydrogen) atoms. The lowest BCUT2D eigenvalue weighted by Crippen LogP contribution is -1.84. The molecule has 0 aliphatic rings. The molecule has 1 heterocycles. The molecule has 0 radical (unpaired) electrons. The first-order valence-electron chi connectivity index (χ1n) is 5.85. The molecular weight excluding hydrogens is 315 g/mol. The van der Waals surface area contributed by atoms with Crippen molar-refractivity contribution in [3.63, 3.8) is 0 Å². The number of rotatable bonds is 3.